The molecule has 2 saturated heterocycles. The van der Waals surface area contributed by atoms with Crippen molar-refractivity contribution < 1.29 is 14.0 Å². The third-order valence-electron chi connectivity index (χ3n) is 5.54. The number of aryl methyl sites for hydroxylation is 1. The number of aromatic nitrogens is 3. The lowest BCUT2D eigenvalue weighted by atomic mass is 10.1. The van der Waals surface area contributed by atoms with Crippen molar-refractivity contribution in [2.45, 2.75) is 44.4 Å². The molecule has 1 aromatic heterocycles. The maximum Gasteiger partial charge on any atom is 0.317 e. The number of carbonyl (C=O) groups is 2. The number of hydrogen-bond donors (Lipinski definition) is 1. The lowest BCUT2D eigenvalue weighted by molar-refractivity contribution is -0.132. The Balaban J connectivity index is 1.30. The van der Waals surface area contributed by atoms with Gasteiger partial charge in [-0.25, -0.2) is 9.18 Å². The van der Waals surface area contributed by atoms with Crippen LogP contribution in [0.3, 0.4) is 0 Å². The van der Waals surface area contributed by atoms with Crippen molar-refractivity contribution in [3.63, 3.8) is 0 Å². The Morgan fingerprint density at radius 3 is 2.57 bits per heavy atom. The molecule has 0 bridgehead atoms. The highest BCUT2D eigenvalue weighted by atomic mass is 19.1. The van der Waals surface area contributed by atoms with E-state index in [0.717, 1.165) is 18.4 Å². The average Bonchev–Trinajstić information content (AvgIpc) is 3.41. The van der Waals surface area contributed by atoms with Crippen LogP contribution in [0.1, 0.15) is 24.8 Å². The molecule has 0 saturated carbocycles. The van der Waals surface area contributed by atoms with Gasteiger partial charge in [-0.05, 0) is 30.5 Å². The molecule has 0 unspecified atom stereocenters. The fourth-order valence-electron chi connectivity index (χ4n) is 4.18. The Labute approximate surface area is 162 Å². The van der Waals surface area contributed by atoms with Gasteiger partial charge in [-0.3, -0.25) is 4.79 Å². The molecule has 1 N–H and O–H groups in total. The summed E-state index contributed by atoms with van der Waals surface area (Å²) in [7, 11) is 0. The molecule has 1 aromatic carbocycles. The van der Waals surface area contributed by atoms with Crippen molar-refractivity contribution in [3.05, 3.63) is 48.3 Å². The molecule has 2 atom stereocenters. The topological polar surface area (TPSA) is 83.4 Å². The normalized spacial score (nSPS) is 21.0. The third kappa shape index (κ3) is 3.83. The molecular formula is C19H23FN6O2. The monoisotopic (exact) mass is 386 g/mol. The van der Waals surface area contributed by atoms with E-state index in [-0.39, 0.29) is 36.4 Å². The van der Waals surface area contributed by atoms with E-state index in [0.29, 0.717) is 26.1 Å². The Morgan fingerprint density at radius 2 is 1.82 bits per heavy atom. The molecule has 0 radical (unpaired) electrons. The maximum absolute atomic E-state index is 13.3. The van der Waals surface area contributed by atoms with Crippen LogP contribution in [-0.2, 0) is 17.9 Å². The standard InChI is InChI=1S/C19H23FN6O2/c20-15-3-1-2-14(10-15)11-21-19(28)26-9-5-16-17(26)4-8-25(16)18(27)6-7-24-12-22-23-13-24/h1-3,10,12-13,16-17H,4-9,11H2,(H,21,28)/t16-,17-/m0/s1. The Kier molecular flexibility index (Phi) is 5.23. The number of benzene rings is 1. The summed E-state index contributed by atoms with van der Waals surface area (Å²) in [4.78, 5) is 29.0. The summed E-state index contributed by atoms with van der Waals surface area (Å²) in [5.74, 6) is -0.215. The van der Waals surface area contributed by atoms with Crippen LogP contribution < -0.4 is 5.32 Å². The second-order valence-electron chi connectivity index (χ2n) is 7.23. The van der Waals surface area contributed by atoms with Gasteiger partial charge in [-0.15, -0.1) is 10.2 Å². The molecule has 3 heterocycles. The number of nitrogens with one attached hydrogen (secondary N) is 1. The summed E-state index contributed by atoms with van der Waals surface area (Å²) in [6, 6.07) is 6.17. The zero-order valence-corrected chi connectivity index (χ0v) is 15.5. The minimum Gasteiger partial charge on any atom is -0.337 e. The summed E-state index contributed by atoms with van der Waals surface area (Å²) in [5, 5.41) is 10.3. The molecule has 2 aliphatic heterocycles. The first kappa shape index (κ1) is 18.4. The van der Waals surface area contributed by atoms with Gasteiger partial charge < -0.3 is 19.7 Å². The van der Waals surface area contributed by atoms with Gasteiger partial charge in [0.15, 0.2) is 0 Å². The van der Waals surface area contributed by atoms with E-state index in [4.69, 9.17) is 0 Å². The second-order valence-corrected chi connectivity index (χ2v) is 7.23. The molecule has 2 fully saturated rings. The van der Waals surface area contributed by atoms with Crippen molar-refractivity contribution in [1.82, 2.24) is 29.9 Å². The molecule has 28 heavy (non-hydrogen) atoms. The van der Waals surface area contributed by atoms with Crippen molar-refractivity contribution in [1.29, 1.82) is 0 Å². The quantitative estimate of drug-likeness (QED) is 0.842. The highest BCUT2D eigenvalue weighted by Gasteiger charge is 2.45. The predicted octanol–water partition coefficient (Wildman–Crippen LogP) is 1.39. The van der Waals surface area contributed by atoms with Crippen LogP contribution in [0.25, 0.3) is 0 Å². The van der Waals surface area contributed by atoms with E-state index in [9.17, 15) is 14.0 Å². The number of rotatable bonds is 5. The van der Waals surface area contributed by atoms with E-state index < -0.39 is 0 Å². The Hall–Kier alpha value is -2.97. The predicted molar refractivity (Wildman–Crippen MR) is 98.5 cm³/mol. The Morgan fingerprint density at radius 1 is 1.11 bits per heavy atom. The number of fused-ring (bicyclic) bond motifs is 1. The van der Waals surface area contributed by atoms with Gasteiger partial charge in [0.2, 0.25) is 5.91 Å². The van der Waals surface area contributed by atoms with Gasteiger partial charge in [-0.2, -0.15) is 0 Å². The van der Waals surface area contributed by atoms with Crippen LogP contribution in [0.15, 0.2) is 36.9 Å². The Bertz CT molecular complexity index is 843. The minimum absolute atomic E-state index is 0.0476. The molecule has 148 valence electrons. The SMILES string of the molecule is O=C(CCn1cnnc1)N1CC[C@H]2[C@@H]1CCN2C(=O)NCc1cccc(F)c1. The number of hydrogen-bond acceptors (Lipinski definition) is 4. The number of halogens is 1. The number of likely N-dealkylation sites (tertiary alicyclic amines) is 2. The molecule has 2 aliphatic rings. The van der Waals surface area contributed by atoms with E-state index in [1.54, 1.807) is 29.4 Å². The molecule has 8 nitrogen and oxygen atoms in total. The number of urea groups is 1. The highest BCUT2D eigenvalue weighted by molar-refractivity contribution is 5.78. The highest BCUT2D eigenvalue weighted by Crippen LogP contribution is 2.32. The maximum atomic E-state index is 13.3. The average molecular weight is 386 g/mol. The van der Waals surface area contributed by atoms with Gasteiger partial charge in [0.1, 0.15) is 18.5 Å². The number of amides is 3. The van der Waals surface area contributed by atoms with Crippen molar-refractivity contribution in [2.24, 2.45) is 0 Å². The summed E-state index contributed by atoms with van der Waals surface area (Å²) < 4.78 is 15.1. The van der Waals surface area contributed by atoms with Crippen molar-refractivity contribution in [2.75, 3.05) is 13.1 Å². The zero-order valence-electron chi connectivity index (χ0n) is 15.5. The van der Waals surface area contributed by atoms with Gasteiger partial charge >= 0.3 is 6.03 Å². The molecule has 0 aliphatic carbocycles. The lowest BCUT2D eigenvalue weighted by Crippen LogP contribution is -2.45. The van der Waals surface area contributed by atoms with Crippen LogP contribution in [0.2, 0.25) is 0 Å². The first-order valence-corrected chi connectivity index (χ1v) is 9.52. The van der Waals surface area contributed by atoms with Gasteiger partial charge in [0.05, 0.1) is 12.1 Å². The van der Waals surface area contributed by atoms with Crippen LogP contribution in [-0.4, -0.2) is 61.7 Å². The largest absolute Gasteiger partial charge is 0.337 e. The second kappa shape index (κ2) is 7.95. The molecule has 2 aromatic rings. The van der Waals surface area contributed by atoms with E-state index in [2.05, 4.69) is 15.5 Å². The van der Waals surface area contributed by atoms with Crippen LogP contribution in [0.4, 0.5) is 9.18 Å². The van der Waals surface area contributed by atoms with E-state index in [1.165, 1.54) is 12.1 Å². The van der Waals surface area contributed by atoms with Gasteiger partial charge in [-0.1, -0.05) is 12.1 Å². The van der Waals surface area contributed by atoms with E-state index >= 15 is 0 Å². The van der Waals surface area contributed by atoms with Gasteiger partial charge in [0, 0.05) is 32.6 Å². The molecular weight excluding hydrogens is 363 g/mol. The fourth-order valence-corrected chi connectivity index (χ4v) is 4.18. The molecule has 3 amide bonds. The molecule has 0 spiro atoms. The first-order valence-electron chi connectivity index (χ1n) is 9.52. The smallest absolute Gasteiger partial charge is 0.317 e. The van der Waals surface area contributed by atoms with Gasteiger partial charge in [0.25, 0.3) is 0 Å². The molecule has 9 heteroatoms. The summed E-state index contributed by atoms with van der Waals surface area (Å²) in [6.07, 6.45) is 5.17. The van der Waals surface area contributed by atoms with Crippen molar-refractivity contribution >= 4 is 11.9 Å². The summed E-state index contributed by atoms with van der Waals surface area (Å²) >= 11 is 0. The molecule has 4 rings (SSSR count). The van der Waals surface area contributed by atoms with Crippen molar-refractivity contribution in [3.8, 4) is 0 Å². The summed E-state index contributed by atoms with van der Waals surface area (Å²) in [6.45, 7) is 2.13. The summed E-state index contributed by atoms with van der Waals surface area (Å²) in [5.41, 5.74) is 0.723. The van der Waals surface area contributed by atoms with Crippen LogP contribution in [0, 0.1) is 5.82 Å². The first-order chi connectivity index (χ1) is 13.6. The van der Waals surface area contributed by atoms with Crippen LogP contribution >= 0.6 is 0 Å². The van der Waals surface area contributed by atoms with Crippen LogP contribution in [0.5, 0.6) is 0 Å². The zero-order chi connectivity index (χ0) is 19.5. The number of carbonyl (C=O) groups excluding carboxylic acids is 2. The number of nitrogens with zero attached hydrogens (tertiary/aromatic N) is 5. The van der Waals surface area contributed by atoms with E-state index in [1.807, 2.05) is 9.80 Å². The lowest BCUT2D eigenvalue weighted by Gasteiger charge is -2.26. The fraction of sp³-hybridized carbons (Fsp3) is 0.474. The third-order valence-corrected chi connectivity index (χ3v) is 5.54. The minimum atomic E-state index is -0.315.